The van der Waals surface area contributed by atoms with E-state index >= 15 is 0 Å². The van der Waals surface area contributed by atoms with Gasteiger partial charge in [0.05, 0.1) is 11.4 Å². The van der Waals surface area contributed by atoms with Crippen LogP contribution in [0.25, 0.3) is 0 Å². The number of hydrogen-bond donors (Lipinski definition) is 2. The van der Waals surface area contributed by atoms with Crippen LogP contribution >= 0.6 is 11.6 Å². The first-order valence-corrected chi connectivity index (χ1v) is 4.08. The van der Waals surface area contributed by atoms with E-state index in [1.54, 1.807) is 12.3 Å². The van der Waals surface area contributed by atoms with Crippen molar-refractivity contribution in [3.05, 3.63) is 28.5 Å². The Kier molecular flexibility index (Phi) is 3.08. The summed E-state index contributed by atoms with van der Waals surface area (Å²) in [5, 5.41) is 11.8. The van der Waals surface area contributed by atoms with Crippen molar-refractivity contribution in [2.75, 3.05) is 0 Å². The highest BCUT2D eigenvalue weighted by atomic mass is 35.5. The number of nitrogens with zero attached hydrogens (tertiary/aromatic N) is 2. The summed E-state index contributed by atoms with van der Waals surface area (Å²) in [4.78, 5) is 4.02. The molecule has 3 N–H and O–H groups in total. The fourth-order valence-corrected chi connectivity index (χ4v) is 1.02. The molecule has 5 heteroatoms. The summed E-state index contributed by atoms with van der Waals surface area (Å²) in [6, 6.07) is 1.81. The molecule has 0 saturated carbocycles. The third-order valence-corrected chi connectivity index (χ3v) is 1.99. The lowest BCUT2D eigenvalue weighted by atomic mass is 10.2. The van der Waals surface area contributed by atoms with Crippen LogP contribution in [0, 0.1) is 6.92 Å². The Bertz CT molecular complexity index is 338. The molecule has 1 aromatic rings. The molecule has 0 aliphatic rings. The molecular formula is C8H10ClN3O. The molecule has 0 saturated heterocycles. The normalized spacial score (nSPS) is 11.7. The molecule has 13 heavy (non-hydrogen) atoms. The summed E-state index contributed by atoms with van der Waals surface area (Å²) in [6.07, 6.45) is 1.88. The Hall–Kier alpha value is -1.29. The number of amidine groups is 1. The Balaban J connectivity index is 2.86. The van der Waals surface area contributed by atoms with Crippen molar-refractivity contribution in [3.8, 4) is 0 Å². The smallest absolute Gasteiger partial charge is 0.145 e. The number of halogens is 1. The molecule has 1 heterocycles. The zero-order valence-electron chi connectivity index (χ0n) is 7.16. The van der Waals surface area contributed by atoms with Crippen molar-refractivity contribution in [1.82, 2.24) is 4.98 Å². The van der Waals surface area contributed by atoms with Gasteiger partial charge in [-0.25, -0.2) is 0 Å². The summed E-state index contributed by atoms with van der Waals surface area (Å²) in [5.74, 6) is 0.134. The maximum Gasteiger partial charge on any atom is 0.145 e. The second kappa shape index (κ2) is 4.09. The second-order valence-corrected chi connectivity index (χ2v) is 3.10. The summed E-state index contributed by atoms with van der Waals surface area (Å²) in [6.45, 7) is 1.87. The van der Waals surface area contributed by atoms with E-state index in [4.69, 9.17) is 22.5 Å². The van der Waals surface area contributed by atoms with Crippen LogP contribution in [-0.2, 0) is 6.42 Å². The molecule has 0 amide bonds. The summed E-state index contributed by atoms with van der Waals surface area (Å²) < 4.78 is 0. The quantitative estimate of drug-likeness (QED) is 0.327. The average Bonchev–Trinajstić information content (AvgIpc) is 2.11. The van der Waals surface area contributed by atoms with Crippen molar-refractivity contribution in [1.29, 1.82) is 0 Å². The van der Waals surface area contributed by atoms with Gasteiger partial charge in [0.25, 0.3) is 0 Å². The van der Waals surface area contributed by atoms with E-state index in [0.29, 0.717) is 11.4 Å². The van der Waals surface area contributed by atoms with E-state index < -0.39 is 0 Å². The van der Waals surface area contributed by atoms with Crippen molar-refractivity contribution < 1.29 is 5.21 Å². The molecule has 0 aliphatic carbocycles. The van der Waals surface area contributed by atoms with Crippen molar-refractivity contribution in [3.63, 3.8) is 0 Å². The lowest BCUT2D eigenvalue weighted by Gasteiger charge is -2.01. The number of hydrogen-bond acceptors (Lipinski definition) is 3. The number of nitrogens with two attached hydrogens (primary N) is 1. The largest absolute Gasteiger partial charge is 0.409 e. The molecule has 0 radical (unpaired) electrons. The zero-order chi connectivity index (χ0) is 9.84. The zero-order valence-corrected chi connectivity index (χ0v) is 7.91. The third-order valence-electron chi connectivity index (χ3n) is 1.59. The van der Waals surface area contributed by atoms with Crippen LogP contribution in [0.3, 0.4) is 0 Å². The van der Waals surface area contributed by atoms with Gasteiger partial charge in [-0.15, -0.1) is 0 Å². The van der Waals surface area contributed by atoms with E-state index in [-0.39, 0.29) is 5.84 Å². The molecule has 1 rings (SSSR count). The van der Waals surface area contributed by atoms with Gasteiger partial charge in [0.15, 0.2) is 0 Å². The van der Waals surface area contributed by atoms with Gasteiger partial charge in [-0.3, -0.25) is 4.98 Å². The molecule has 0 spiro atoms. The minimum absolute atomic E-state index is 0.134. The number of oxime groups is 1. The standard InChI is InChI=1S/C8H10ClN3O/c1-5-2-6(3-8(10)12-13)11-4-7(5)9/h2,4,13H,3H2,1H3,(H2,10,12). The van der Waals surface area contributed by atoms with Gasteiger partial charge >= 0.3 is 0 Å². The molecule has 0 aliphatic heterocycles. The van der Waals surface area contributed by atoms with Crippen molar-refractivity contribution in [2.24, 2.45) is 10.9 Å². The minimum Gasteiger partial charge on any atom is -0.409 e. The van der Waals surface area contributed by atoms with E-state index in [2.05, 4.69) is 10.1 Å². The van der Waals surface area contributed by atoms with Crippen LogP contribution in [0.2, 0.25) is 5.02 Å². The average molecular weight is 200 g/mol. The van der Waals surface area contributed by atoms with Crippen LogP contribution in [0.5, 0.6) is 0 Å². The topological polar surface area (TPSA) is 71.5 Å². The molecule has 0 fully saturated rings. The first kappa shape index (κ1) is 9.80. The van der Waals surface area contributed by atoms with E-state index in [1.807, 2.05) is 6.92 Å². The first-order chi connectivity index (χ1) is 6.13. The highest BCUT2D eigenvalue weighted by Crippen LogP contribution is 2.13. The Morgan fingerprint density at radius 2 is 2.46 bits per heavy atom. The highest BCUT2D eigenvalue weighted by molar-refractivity contribution is 6.31. The molecule has 4 nitrogen and oxygen atoms in total. The van der Waals surface area contributed by atoms with Crippen LogP contribution < -0.4 is 5.73 Å². The summed E-state index contributed by atoms with van der Waals surface area (Å²) in [5.41, 5.74) is 6.98. The Morgan fingerprint density at radius 3 is 3.00 bits per heavy atom. The van der Waals surface area contributed by atoms with Gasteiger partial charge in [0.1, 0.15) is 5.84 Å². The van der Waals surface area contributed by atoms with E-state index in [1.165, 1.54) is 0 Å². The maximum absolute atomic E-state index is 8.33. The van der Waals surface area contributed by atoms with Gasteiger partial charge < -0.3 is 10.9 Å². The fraction of sp³-hybridized carbons (Fsp3) is 0.250. The lowest BCUT2D eigenvalue weighted by molar-refractivity contribution is 0.317. The van der Waals surface area contributed by atoms with Gasteiger partial charge in [0.2, 0.25) is 0 Å². The van der Waals surface area contributed by atoms with Crippen LogP contribution in [-0.4, -0.2) is 16.0 Å². The molecule has 0 unspecified atom stereocenters. The monoisotopic (exact) mass is 199 g/mol. The Morgan fingerprint density at radius 1 is 1.77 bits per heavy atom. The second-order valence-electron chi connectivity index (χ2n) is 2.69. The molecule has 0 atom stereocenters. The number of aryl methyl sites for hydroxylation is 1. The summed E-state index contributed by atoms with van der Waals surface area (Å²) >= 11 is 5.78. The molecule has 0 bridgehead atoms. The first-order valence-electron chi connectivity index (χ1n) is 3.71. The predicted octanol–water partition coefficient (Wildman–Crippen LogP) is 1.33. The maximum atomic E-state index is 8.33. The Labute approximate surface area is 81.0 Å². The van der Waals surface area contributed by atoms with Crippen molar-refractivity contribution in [2.45, 2.75) is 13.3 Å². The summed E-state index contributed by atoms with van der Waals surface area (Å²) in [7, 11) is 0. The highest BCUT2D eigenvalue weighted by Gasteiger charge is 2.01. The van der Waals surface area contributed by atoms with Crippen LogP contribution in [0.1, 0.15) is 11.3 Å². The molecule has 70 valence electrons. The predicted molar refractivity (Wildman–Crippen MR) is 51.1 cm³/mol. The minimum atomic E-state index is 0.134. The lowest BCUT2D eigenvalue weighted by Crippen LogP contribution is -2.15. The van der Waals surface area contributed by atoms with E-state index in [9.17, 15) is 0 Å². The molecule has 0 aromatic carbocycles. The van der Waals surface area contributed by atoms with Gasteiger partial charge in [-0.05, 0) is 18.6 Å². The number of aromatic nitrogens is 1. The SMILES string of the molecule is Cc1cc(C/C(N)=N/O)ncc1Cl. The van der Waals surface area contributed by atoms with Gasteiger partial charge in [-0.1, -0.05) is 16.8 Å². The van der Waals surface area contributed by atoms with E-state index in [0.717, 1.165) is 11.3 Å². The number of pyridine rings is 1. The molecular weight excluding hydrogens is 190 g/mol. The van der Waals surface area contributed by atoms with Crippen LogP contribution in [0.4, 0.5) is 0 Å². The third kappa shape index (κ3) is 2.59. The number of rotatable bonds is 2. The van der Waals surface area contributed by atoms with Gasteiger partial charge in [-0.2, -0.15) is 0 Å². The van der Waals surface area contributed by atoms with Gasteiger partial charge in [0, 0.05) is 11.9 Å². The fourth-order valence-electron chi connectivity index (χ4n) is 0.915. The van der Waals surface area contributed by atoms with Crippen LogP contribution in [0.15, 0.2) is 17.4 Å². The molecule has 1 aromatic heterocycles. The van der Waals surface area contributed by atoms with Crippen molar-refractivity contribution >= 4 is 17.4 Å².